The van der Waals surface area contributed by atoms with Gasteiger partial charge in [0.1, 0.15) is 0 Å². The van der Waals surface area contributed by atoms with E-state index in [2.05, 4.69) is 36.5 Å². The van der Waals surface area contributed by atoms with Crippen LogP contribution >= 0.6 is 0 Å². The molecule has 0 unspecified atom stereocenters. The topological polar surface area (TPSA) is 0 Å². The van der Waals surface area contributed by atoms with Crippen LogP contribution in [0.25, 0.3) is 0 Å². The Morgan fingerprint density at radius 2 is 1.75 bits per heavy atom. The first-order valence-corrected chi connectivity index (χ1v) is 4.53. The molecule has 0 saturated carbocycles. The van der Waals surface area contributed by atoms with E-state index >= 15 is 0 Å². The summed E-state index contributed by atoms with van der Waals surface area (Å²) in [4.78, 5) is 0. The van der Waals surface area contributed by atoms with Crippen molar-refractivity contribution in [2.45, 2.75) is 25.7 Å². The van der Waals surface area contributed by atoms with Gasteiger partial charge in [0, 0.05) is 0 Å². The lowest BCUT2D eigenvalue weighted by molar-refractivity contribution is 0.865. The summed E-state index contributed by atoms with van der Waals surface area (Å²) >= 11 is 0. The molecule has 0 spiro atoms. The molecule has 0 fully saturated rings. The van der Waals surface area contributed by atoms with E-state index in [-0.39, 0.29) is 0 Å². The Balaban J connectivity index is 2.42. The summed E-state index contributed by atoms with van der Waals surface area (Å²) in [6, 6.07) is 0. The number of hydrogen-bond donors (Lipinski definition) is 0. The van der Waals surface area contributed by atoms with Crippen LogP contribution < -0.4 is 0 Å². The quantitative estimate of drug-likeness (QED) is 0.474. The fourth-order valence-corrected chi connectivity index (χ4v) is 1.05. The van der Waals surface area contributed by atoms with Crippen LogP contribution in [0.15, 0.2) is 42.5 Å². The Bertz CT molecular complexity index is 204. The van der Waals surface area contributed by atoms with Crippen LogP contribution in [-0.4, -0.2) is 0 Å². The van der Waals surface area contributed by atoms with E-state index in [1.54, 1.807) is 0 Å². The van der Waals surface area contributed by atoms with Crippen molar-refractivity contribution in [2.24, 2.45) is 0 Å². The second-order valence-corrected chi connectivity index (χ2v) is 2.79. The van der Waals surface area contributed by atoms with Gasteiger partial charge in [-0.2, -0.15) is 0 Å². The molecule has 0 saturated heterocycles. The van der Waals surface area contributed by atoms with Crippen LogP contribution in [0.4, 0.5) is 0 Å². The van der Waals surface area contributed by atoms with Crippen molar-refractivity contribution in [3.05, 3.63) is 48.6 Å². The predicted molar refractivity (Wildman–Crippen MR) is 53.7 cm³/mol. The normalized spacial score (nSPS) is 18.7. The van der Waals surface area contributed by atoms with Gasteiger partial charge in [0.05, 0.1) is 0 Å². The molecule has 0 heteroatoms. The summed E-state index contributed by atoms with van der Waals surface area (Å²) in [5.41, 5.74) is 0. The summed E-state index contributed by atoms with van der Waals surface area (Å²) in [6.07, 6.45) is 22.5. The fourth-order valence-electron chi connectivity index (χ4n) is 1.05. The Labute approximate surface area is 75.0 Å². The average molecular weight is 159 g/mol. The molecular weight excluding hydrogens is 144 g/mol. The first-order valence-electron chi connectivity index (χ1n) is 4.53. The molecule has 0 aromatic carbocycles. The summed E-state index contributed by atoms with van der Waals surface area (Å²) < 4.78 is 0. The Hall–Kier alpha value is -1.04. The van der Waals surface area contributed by atoms with Crippen molar-refractivity contribution >= 4 is 0 Å². The largest absolute Gasteiger partial charge is 0.0882 e. The number of rotatable bonds is 0. The van der Waals surface area contributed by atoms with Crippen LogP contribution in [-0.2, 0) is 0 Å². The summed E-state index contributed by atoms with van der Waals surface area (Å²) in [7, 11) is 0. The van der Waals surface area contributed by atoms with Crippen LogP contribution in [0, 0.1) is 6.08 Å². The lowest BCUT2D eigenvalue weighted by atomic mass is 10.2. The van der Waals surface area contributed by atoms with Crippen molar-refractivity contribution in [3.8, 4) is 0 Å². The minimum Gasteiger partial charge on any atom is -0.0882 e. The van der Waals surface area contributed by atoms with Crippen LogP contribution in [0.1, 0.15) is 25.7 Å². The monoisotopic (exact) mass is 159 g/mol. The van der Waals surface area contributed by atoms with Crippen LogP contribution in [0.3, 0.4) is 0 Å². The smallest absolute Gasteiger partial charge is 0.00946 e. The highest BCUT2D eigenvalue weighted by Crippen LogP contribution is 2.00. The molecule has 1 rings (SSSR count). The molecule has 0 nitrogen and oxygen atoms in total. The molecule has 1 aliphatic carbocycles. The maximum Gasteiger partial charge on any atom is -0.00946 e. The molecule has 0 bridgehead atoms. The zero-order valence-electron chi connectivity index (χ0n) is 7.37. The van der Waals surface area contributed by atoms with Gasteiger partial charge in [-0.1, -0.05) is 42.5 Å². The van der Waals surface area contributed by atoms with Gasteiger partial charge in [-0.25, -0.2) is 0 Å². The van der Waals surface area contributed by atoms with Crippen molar-refractivity contribution in [1.82, 2.24) is 0 Å². The molecule has 0 aliphatic heterocycles. The highest BCUT2D eigenvalue weighted by Gasteiger charge is 1.80. The van der Waals surface area contributed by atoms with Crippen molar-refractivity contribution in [3.63, 3.8) is 0 Å². The second kappa shape index (κ2) is 6.66. The van der Waals surface area contributed by atoms with Gasteiger partial charge in [-0.3, -0.25) is 0 Å². The first-order chi connectivity index (χ1) is 6.00. The lowest BCUT2D eigenvalue weighted by Crippen LogP contribution is -1.70. The lowest BCUT2D eigenvalue weighted by Gasteiger charge is -1.89. The van der Waals surface area contributed by atoms with Gasteiger partial charge in [-0.05, 0) is 31.8 Å². The van der Waals surface area contributed by atoms with E-state index in [0.29, 0.717) is 0 Å². The predicted octanol–water partition coefficient (Wildman–Crippen LogP) is 3.59. The highest BCUT2D eigenvalue weighted by molar-refractivity contribution is 5.10. The van der Waals surface area contributed by atoms with Gasteiger partial charge in [-0.15, -0.1) is 0 Å². The maximum absolute atomic E-state index is 3.17. The SMILES string of the molecule is [C]1=CC=CC=CCCCC=CC1. The molecule has 63 valence electrons. The minimum absolute atomic E-state index is 0.939. The van der Waals surface area contributed by atoms with Gasteiger partial charge >= 0.3 is 0 Å². The fraction of sp³-hybridized carbons (Fsp3) is 0.333. The van der Waals surface area contributed by atoms with E-state index in [1.807, 2.05) is 12.2 Å². The third kappa shape index (κ3) is 4.73. The molecule has 0 aromatic heterocycles. The number of allylic oxidation sites excluding steroid dienone is 8. The summed E-state index contributed by atoms with van der Waals surface area (Å²) in [6.45, 7) is 0. The van der Waals surface area contributed by atoms with Crippen molar-refractivity contribution in [2.75, 3.05) is 0 Å². The molecule has 0 atom stereocenters. The van der Waals surface area contributed by atoms with Gasteiger partial charge in [0.25, 0.3) is 0 Å². The summed E-state index contributed by atoms with van der Waals surface area (Å²) in [5, 5.41) is 0. The Kier molecular flexibility index (Phi) is 5.02. The van der Waals surface area contributed by atoms with Crippen molar-refractivity contribution < 1.29 is 0 Å². The summed E-state index contributed by atoms with van der Waals surface area (Å²) in [5.74, 6) is 0. The standard InChI is InChI=1S/C12H15/c1-2-4-6-8-10-12-11-9-7-5-3-1/h1-5,11-12H,6,8-10H2. The van der Waals surface area contributed by atoms with E-state index in [1.165, 1.54) is 19.3 Å². The molecule has 1 aliphatic rings. The van der Waals surface area contributed by atoms with E-state index in [0.717, 1.165) is 6.42 Å². The molecule has 0 aromatic rings. The molecule has 0 heterocycles. The van der Waals surface area contributed by atoms with Crippen LogP contribution in [0.2, 0.25) is 0 Å². The zero-order chi connectivity index (χ0) is 8.49. The Morgan fingerprint density at radius 3 is 2.75 bits per heavy atom. The third-order valence-corrected chi connectivity index (χ3v) is 1.72. The van der Waals surface area contributed by atoms with E-state index in [9.17, 15) is 0 Å². The Morgan fingerprint density at radius 1 is 0.833 bits per heavy atom. The minimum atomic E-state index is 0.939. The molecule has 0 N–H and O–H groups in total. The van der Waals surface area contributed by atoms with Gasteiger partial charge in [0.2, 0.25) is 0 Å². The second-order valence-electron chi connectivity index (χ2n) is 2.79. The van der Waals surface area contributed by atoms with Gasteiger partial charge in [0.15, 0.2) is 0 Å². The molecular formula is C12H15. The third-order valence-electron chi connectivity index (χ3n) is 1.72. The zero-order valence-corrected chi connectivity index (χ0v) is 7.37. The van der Waals surface area contributed by atoms with E-state index < -0.39 is 0 Å². The van der Waals surface area contributed by atoms with E-state index in [4.69, 9.17) is 0 Å². The maximum atomic E-state index is 3.17. The molecule has 1 radical (unpaired) electrons. The first kappa shape index (κ1) is 9.05. The van der Waals surface area contributed by atoms with Crippen LogP contribution in [0.5, 0.6) is 0 Å². The number of hydrogen-bond acceptors (Lipinski definition) is 0. The van der Waals surface area contributed by atoms with Crippen molar-refractivity contribution in [1.29, 1.82) is 0 Å². The molecule has 12 heavy (non-hydrogen) atoms. The average Bonchev–Trinajstić information content (AvgIpc) is 2.05. The molecule has 0 amide bonds. The highest BCUT2D eigenvalue weighted by atomic mass is 13.9. The van der Waals surface area contributed by atoms with Gasteiger partial charge < -0.3 is 0 Å².